The van der Waals surface area contributed by atoms with Crippen molar-refractivity contribution in [3.05, 3.63) is 83.5 Å². The van der Waals surface area contributed by atoms with Crippen molar-refractivity contribution in [2.24, 2.45) is 0 Å². The number of carbonyl (C=O) groups is 1. The Morgan fingerprint density at radius 2 is 1.76 bits per heavy atom. The number of rotatable bonds is 5. The monoisotopic (exact) mass is 348 g/mol. The molecule has 0 radical (unpaired) electrons. The third-order valence-electron chi connectivity index (χ3n) is 3.97. The molecule has 25 heavy (non-hydrogen) atoms. The summed E-state index contributed by atoms with van der Waals surface area (Å²) in [5.74, 6) is -0.0813. The average molecular weight is 348 g/mol. The van der Waals surface area contributed by atoms with Gasteiger partial charge in [-0.3, -0.25) is 4.79 Å². The normalized spacial score (nSPS) is 12.2. The number of fused-ring (bicyclic) bond motifs is 1. The largest absolute Gasteiger partial charge is 0.343 e. The van der Waals surface area contributed by atoms with Crippen molar-refractivity contribution in [3.8, 4) is 0 Å². The Hall–Kier alpha value is -2.99. The molecule has 0 fully saturated rings. The number of carbonyl (C=O) groups excluding carboxylic acids is 1. The van der Waals surface area contributed by atoms with Gasteiger partial charge in [0.15, 0.2) is 0 Å². The molecule has 0 saturated heterocycles. The van der Waals surface area contributed by atoms with Crippen LogP contribution in [-0.4, -0.2) is 20.9 Å². The van der Waals surface area contributed by atoms with E-state index in [9.17, 15) is 4.79 Å². The molecule has 5 nitrogen and oxygen atoms in total. The molecule has 4 rings (SSSR count). The zero-order chi connectivity index (χ0) is 17.1. The molecule has 1 atom stereocenters. The summed E-state index contributed by atoms with van der Waals surface area (Å²) in [7, 11) is 0. The number of aromatic nitrogens is 3. The standard InChI is InChI=1S/C19H16N4OS/c24-19(18-12-15-8-4-5-9-17(15)25-18)22-16(13-23-20-10-11-21-23)14-6-2-1-3-7-14/h1-12,16H,13H2,(H,22,24). The highest BCUT2D eigenvalue weighted by atomic mass is 32.1. The molecule has 1 amide bonds. The highest BCUT2D eigenvalue weighted by Gasteiger charge is 2.18. The van der Waals surface area contributed by atoms with Gasteiger partial charge in [0.25, 0.3) is 5.91 Å². The van der Waals surface area contributed by atoms with Crippen LogP contribution in [0.25, 0.3) is 10.1 Å². The van der Waals surface area contributed by atoms with E-state index >= 15 is 0 Å². The molecule has 0 saturated carbocycles. The zero-order valence-corrected chi connectivity index (χ0v) is 14.2. The molecule has 0 aliphatic rings. The molecule has 0 bridgehead atoms. The number of benzene rings is 2. The molecule has 0 aliphatic heterocycles. The molecule has 1 N–H and O–H groups in total. The minimum Gasteiger partial charge on any atom is -0.343 e. The molecular formula is C19H16N4OS. The van der Waals surface area contributed by atoms with Gasteiger partial charge in [0.2, 0.25) is 0 Å². The number of thiophene rings is 1. The van der Waals surface area contributed by atoms with E-state index in [1.807, 2.05) is 60.7 Å². The number of nitrogens with zero attached hydrogens (tertiary/aromatic N) is 3. The van der Waals surface area contributed by atoms with Crippen LogP contribution in [0.15, 0.2) is 73.1 Å². The lowest BCUT2D eigenvalue weighted by Gasteiger charge is -2.18. The van der Waals surface area contributed by atoms with Crippen LogP contribution in [0.4, 0.5) is 0 Å². The van der Waals surface area contributed by atoms with Gasteiger partial charge in [0.1, 0.15) is 0 Å². The minimum atomic E-state index is -0.202. The molecule has 6 heteroatoms. The topological polar surface area (TPSA) is 59.8 Å². The SMILES string of the molecule is O=C(NC(Cn1nccn1)c1ccccc1)c1cc2ccccc2s1. The maximum atomic E-state index is 12.8. The van der Waals surface area contributed by atoms with E-state index in [1.165, 1.54) is 11.3 Å². The molecule has 124 valence electrons. The highest BCUT2D eigenvalue weighted by Crippen LogP contribution is 2.26. The number of nitrogens with one attached hydrogen (secondary N) is 1. The van der Waals surface area contributed by atoms with E-state index < -0.39 is 0 Å². The third-order valence-corrected chi connectivity index (χ3v) is 5.08. The summed E-state index contributed by atoms with van der Waals surface area (Å²) in [4.78, 5) is 15.1. The summed E-state index contributed by atoms with van der Waals surface area (Å²) in [6.07, 6.45) is 3.27. The summed E-state index contributed by atoms with van der Waals surface area (Å²) < 4.78 is 1.11. The predicted molar refractivity (Wildman–Crippen MR) is 98.5 cm³/mol. The van der Waals surface area contributed by atoms with Crippen LogP contribution in [-0.2, 0) is 6.54 Å². The molecule has 0 aliphatic carbocycles. The maximum Gasteiger partial charge on any atom is 0.261 e. The van der Waals surface area contributed by atoms with Crippen LogP contribution < -0.4 is 5.32 Å². The van der Waals surface area contributed by atoms with Gasteiger partial charge in [-0.2, -0.15) is 15.0 Å². The second-order valence-electron chi connectivity index (χ2n) is 5.67. The lowest BCUT2D eigenvalue weighted by Crippen LogP contribution is -2.31. The van der Waals surface area contributed by atoms with Crippen molar-refractivity contribution in [2.75, 3.05) is 0 Å². The van der Waals surface area contributed by atoms with E-state index in [0.717, 1.165) is 15.6 Å². The number of hydrogen-bond donors (Lipinski definition) is 1. The summed E-state index contributed by atoms with van der Waals surface area (Å²) in [6.45, 7) is 0.480. The molecule has 2 aromatic heterocycles. The Balaban J connectivity index is 1.60. The molecule has 2 aromatic carbocycles. The Bertz CT molecular complexity index is 946. The molecular weight excluding hydrogens is 332 g/mol. The van der Waals surface area contributed by atoms with Crippen molar-refractivity contribution < 1.29 is 4.79 Å². The van der Waals surface area contributed by atoms with E-state index in [1.54, 1.807) is 17.2 Å². The first kappa shape index (κ1) is 15.5. The van der Waals surface area contributed by atoms with Crippen LogP contribution in [0.5, 0.6) is 0 Å². The first-order chi connectivity index (χ1) is 12.3. The van der Waals surface area contributed by atoms with Crippen LogP contribution in [0.1, 0.15) is 21.3 Å². The predicted octanol–water partition coefficient (Wildman–Crippen LogP) is 3.66. The molecule has 1 unspecified atom stereocenters. The second kappa shape index (κ2) is 6.86. The Morgan fingerprint density at radius 1 is 1.04 bits per heavy atom. The quantitative estimate of drug-likeness (QED) is 0.599. The van der Waals surface area contributed by atoms with E-state index in [0.29, 0.717) is 11.4 Å². The zero-order valence-electron chi connectivity index (χ0n) is 13.4. The van der Waals surface area contributed by atoms with E-state index in [4.69, 9.17) is 0 Å². The highest BCUT2D eigenvalue weighted by molar-refractivity contribution is 7.20. The molecule has 4 aromatic rings. The van der Waals surface area contributed by atoms with Crippen molar-refractivity contribution in [1.82, 2.24) is 20.3 Å². The van der Waals surface area contributed by atoms with Gasteiger partial charge >= 0.3 is 0 Å². The van der Waals surface area contributed by atoms with Gasteiger partial charge in [-0.05, 0) is 23.1 Å². The van der Waals surface area contributed by atoms with Crippen LogP contribution in [0.3, 0.4) is 0 Å². The van der Waals surface area contributed by atoms with Gasteiger partial charge in [0.05, 0.1) is 29.9 Å². The summed E-state index contributed by atoms with van der Waals surface area (Å²) in [6, 6.07) is 19.6. The van der Waals surface area contributed by atoms with Crippen molar-refractivity contribution in [1.29, 1.82) is 0 Å². The van der Waals surface area contributed by atoms with Crippen LogP contribution in [0, 0.1) is 0 Å². The van der Waals surface area contributed by atoms with E-state index in [2.05, 4.69) is 15.5 Å². The number of amides is 1. The fourth-order valence-corrected chi connectivity index (χ4v) is 3.71. The van der Waals surface area contributed by atoms with Crippen LogP contribution >= 0.6 is 11.3 Å². The van der Waals surface area contributed by atoms with Crippen molar-refractivity contribution in [2.45, 2.75) is 12.6 Å². The lowest BCUT2D eigenvalue weighted by atomic mass is 10.1. The van der Waals surface area contributed by atoms with Gasteiger partial charge in [-0.15, -0.1) is 11.3 Å². The average Bonchev–Trinajstić information content (AvgIpc) is 3.31. The van der Waals surface area contributed by atoms with Gasteiger partial charge in [-0.1, -0.05) is 48.5 Å². The second-order valence-corrected chi connectivity index (χ2v) is 6.75. The van der Waals surface area contributed by atoms with Gasteiger partial charge in [0, 0.05) is 4.70 Å². The van der Waals surface area contributed by atoms with Crippen molar-refractivity contribution in [3.63, 3.8) is 0 Å². The van der Waals surface area contributed by atoms with Gasteiger partial charge < -0.3 is 5.32 Å². The maximum absolute atomic E-state index is 12.8. The van der Waals surface area contributed by atoms with Crippen molar-refractivity contribution >= 4 is 27.3 Å². The number of hydrogen-bond acceptors (Lipinski definition) is 4. The molecule has 0 spiro atoms. The van der Waals surface area contributed by atoms with Crippen LogP contribution in [0.2, 0.25) is 0 Å². The fraction of sp³-hybridized carbons (Fsp3) is 0.105. The lowest BCUT2D eigenvalue weighted by molar-refractivity contribution is 0.0935. The summed E-state index contributed by atoms with van der Waals surface area (Å²) in [5.41, 5.74) is 1.02. The fourth-order valence-electron chi connectivity index (χ4n) is 2.74. The Kier molecular flexibility index (Phi) is 4.26. The first-order valence-electron chi connectivity index (χ1n) is 7.98. The summed E-state index contributed by atoms with van der Waals surface area (Å²) in [5, 5.41) is 12.5. The third kappa shape index (κ3) is 3.44. The Morgan fingerprint density at radius 3 is 2.52 bits per heavy atom. The Labute approximate surface area is 148 Å². The van der Waals surface area contributed by atoms with Gasteiger partial charge in [-0.25, -0.2) is 0 Å². The molecule has 2 heterocycles. The smallest absolute Gasteiger partial charge is 0.261 e. The minimum absolute atomic E-state index is 0.0813. The first-order valence-corrected chi connectivity index (χ1v) is 8.80. The summed E-state index contributed by atoms with van der Waals surface area (Å²) >= 11 is 1.50. The van der Waals surface area contributed by atoms with E-state index in [-0.39, 0.29) is 11.9 Å².